The lowest BCUT2D eigenvalue weighted by molar-refractivity contribution is -0.111. The molecule has 0 fully saturated rings. The molecule has 0 atom stereocenters. The third kappa shape index (κ3) is 4.59. The number of aryl methyl sites for hydroxylation is 1. The molecule has 0 saturated carbocycles. The van der Waals surface area contributed by atoms with Gasteiger partial charge in [0.05, 0.1) is 12.7 Å². The van der Waals surface area contributed by atoms with Crippen LogP contribution >= 0.6 is 23.2 Å². The quantitative estimate of drug-likeness (QED) is 0.619. The molecule has 0 aliphatic rings. The predicted octanol–water partition coefficient (Wildman–Crippen LogP) is 4.41. The number of nitrogens with zero attached hydrogens (tertiary/aromatic N) is 4. The van der Waals surface area contributed by atoms with Crippen LogP contribution in [-0.2, 0) is 17.9 Å². The van der Waals surface area contributed by atoms with Crippen LogP contribution in [0.2, 0.25) is 10.0 Å². The van der Waals surface area contributed by atoms with Crippen molar-refractivity contribution in [2.24, 2.45) is 0 Å². The smallest absolute Gasteiger partial charge is 0.249 e. The van der Waals surface area contributed by atoms with Crippen molar-refractivity contribution in [3.05, 3.63) is 69.6 Å². The van der Waals surface area contributed by atoms with Crippen LogP contribution in [-0.4, -0.2) is 25.5 Å². The van der Waals surface area contributed by atoms with Gasteiger partial charge in [0.2, 0.25) is 5.91 Å². The van der Waals surface area contributed by atoms with Crippen molar-refractivity contribution in [3.63, 3.8) is 0 Å². The van der Waals surface area contributed by atoms with Gasteiger partial charge in [0.1, 0.15) is 0 Å². The molecule has 27 heavy (non-hydrogen) atoms. The monoisotopic (exact) mass is 403 g/mol. The lowest BCUT2D eigenvalue weighted by Gasteiger charge is -2.06. The first-order valence-electron chi connectivity index (χ1n) is 8.45. The van der Waals surface area contributed by atoms with Crippen molar-refractivity contribution in [2.75, 3.05) is 5.32 Å². The average molecular weight is 404 g/mol. The minimum Gasteiger partial charge on any atom is -0.306 e. The largest absolute Gasteiger partial charge is 0.306 e. The number of amides is 1. The van der Waals surface area contributed by atoms with Gasteiger partial charge in [0.25, 0.3) is 0 Å². The second-order valence-electron chi connectivity index (χ2n) is 5.92. The molecule has 1 aromatic carbocycles. The van der Waals surface area contributed by atoms with E-state index in [0.717, 1.165) is 23.4 Å². The van der Waals surface area contributed by atoms with Crippen LogP contribution in [0.3, 0.4) is 0 Å². The highest BCUT2D eigenvalue weighted by molar-refractivity contribution is 6.35. The number of nitrogens with one attached hydrogen (secondary N) is 1. The van der Waals surface area contributed by atoms with Crippen molar-refractivity contribution in [2.45, 2.75) is 26.9 Å². The number of rotatable bonds is 6. The maximum absolute atomic E-state index is 12.1. The van der Waals surface area contributed by atoms with Crippen LogP contribution in [0.25, 0.3) is 6.08 Å². The first kappa shape index (κ1) is 19.2. The Balaban J connectivity index is 1.64. The second kappa shape index (κ2) is 8.41. The fourth-order valence-corrected chi connectivity index (χ4v) is 3.16. The molecule has 140 valence electrons. The first-order valence-corrected chi connectivity index (χ1v) is 9.21. The van der Waals surface area contributed by atoms with Crippen LogP contribution in [0.15, 0.2) is 42.7 Å². The third-order valence-corrected chi connectivity index (χ3v) is 4.84. The molecule has 0 spiro atoms. The predicted molar refractivity (Wildman–Crippen MR) is 108 cm³/mol. The first-order chi connectivity index (χ1) is 13.0. The highest BCUT2D eigenvalue weighted by atomic mass is 35.5. The fourth-order valence-electron chi connectivity index (χ4n) is 2.64. The molecule has 3 aromatic rings. The van der Waals surface area contributed by atoms with Gasteiger partial charge in [0, 0.05) is 51.8 Å². The van der Waals surface area contributed by atoms with E-state index in [4.69, 9.17) is 23.2 Å². The summed E-state index contributed by atoms with van der Waals surface area (Å²) in [4.78, 5) is 12.1. The number of hydrogen-bond donors (Lipinski definition) is 1. The van der Waals surface area contributed by atoms with Crippen LogP contribution in [0, 0.1) is 6.92 Å². The molecular formula is C19H19Cl2N5O. The highest BCUT2D eigenvalue weighted by Gasteiger charge is 2.08. The Morgan fingerprint density at radius 1 is 1.26 bits per heavy atom. The summed E-state index contributed by atoms with van der Waals surface area (Å²) in [7, 11) is 0. The van der Waals surface area contributed by atoms with Gasteiger partial charge in [-0.1, -0.05) is 29.3 Å². The average Bonchev–Trinajstić information content (AvgIpc) is 3.22. The molecule has 1 N–H and O–H groups in total. The Kier molecular flexibility index (Phi) is 5.98. The van der Waals surface area contributed by atoms with E-state index >= 15 is 0 Å². The maximum Gasteiger partial charge on any atom is 0.249 e. The molecule has 0 aliphatic carbocycles. The summed E-state index contributed by atoms with van der Waals surface area (Å²) in [5.74, 6) is 0.188. The fraction of sp³-hybridized carbons (Fsp3) is 0.211. The Morgan fingerprint density at radius 3 is 2.67 bits per heavy atom. The van der Waals surface area contributed by atoms with E-state index in [-0.39, 0.29) is 5.91 Å². The van der Waals surface area contributed by atoms with Gasteiger partial charge < -0.3 is 5.32 Å². The Labute approximate surface area is 167 Å². The summed E-state index contributed by atoms with van der Waals surface area (Å²) < 4.78 is 3.54. The van der Waals surface area contributed by atoms with E-state index in [2.05, 4.69) is 15.5 Å². The SMILES string of the molecule is CCn1ncc(/C=C/C(=O)Nc2ccn(Cc3c(Cl)cccc3Cl)n2)c1C. The van der Waals surface area contributed by atoms with E-state index < -0.39 is 0 Å². The normalized spacial score (nSPS) is 11.3. The van der Waals surface area contributed by atoms with Crippen LogP contribution in [0.4, 0.5) is 5.82 Å². The highest BCUT2D eigenvalue weighted by Crippen LogP contribution is 2.25. The minimum atomic E-state index is -0.264. The van der Waals surface area contributed by atoms with Crippen LogP contribution in [0.5, 0.6) is 0 Å². The Hall–Kier alpha value is -2.57. The molecule has 1 amide bonds. The lowest BCUT2D eigenvalue weighted by atomic mass is 10.2. The van der Waals surface area contributed by atoms with Gasteiger partial charge >= 0.3 is 0 Å². The van der Waals surface area contributed by atoms with E-state index in [1.54, 1.807) is 47.4 Å². The summed E-state index contributed by atoms with van der Waals surface area (Å²) in [5.41, 5.74) is 2.71. The zero-order chi connectivity index (χ0) is 19.4. The van der Waals surface area contributed by atoms with Gasteiger partial charge in [0.15, 0.2) is 5.82 Å². The van der Waals surface area contributed by atoms with E-state index in [0.29, 0.717) is 22.4 Å². The summed E-state index contributed by atoms with van der Waals surface area (Å²) in [6, 6.07) is 7.07. The summed E-state index contributed by atoms with van der Waals surface area (Å²) in [6.45, 7) is 5.19. The maximum atomic E-state index is 12.1. The van der Waals surface area contributed by atoms with Gasteiger partial charge in [-0.3, -0.25) is 14.2 Å². The Morgan fingerprint density at radius 2 is 2.00 bits per heavy atom. The molecule has 2 aromatic heterocycles. The lowest BCUT2D eigenvalue weighted by Crippen LogP contribution is -2.09. The van der Waals surface area contributed by atoms with Gasteiger partial charge in [-0.25, -0.2) is 0 Å². The van der Waals surface area contributed by atoms with Gasteiger partial charge in [-0.15, -0.1) is 0 Å². The van der Waals surface area contributed by atoms with E-state index in [1.807, 2.05) is 18.5 Å². The van der Waals surface area contributed by atoms with Crippen LogP contribution in [0.1, 0.15) is 23.7 Å². The molecule has 0 bridgehead atoms. The summed E-state index contributed by atoms with van der Waals surface area (Å²) in [6.07, 6.45) is 6.71. The van der Waals surface area contributed by atoms with Crippen molar-refractivity contribution in [1.82, 2.24) is 19.6 Å². The molecule has 3 rings (SSSR count). The molecule has 8 heteroatoms. The van der Waals surface area contributed by atoms with Crippen molar-refractivity contribution < 1.29 is 4.79 Å². The number of anilines is 1. The van der Waals surface area contributed by atoms with Gasteiger partial charge in [-0.2, -0.15) is 10.2 Å². The minimum absolute atomic E-state index is 0.264. The van der Waals surface area contributed by atoms with Crippen molar-refractivity contribution in [1.29, 1.82) is 0 Å². The summed E-state index contributed by atoms with van der Waals surface area (Å²) >= 11 is 12.4. The number of benzene rings is 1. The number of carbonyl (C=O) groups excluding carboxylic acids is 1. The Bertz CT molecular complexity index is 970. The standard InChI is InChI=1S/C19H19Cl2N5O/c1-3-26-13(2)14(11-22-26)7-8-19(27)23-18-9-10-25(24-18)12-15-16(20)5-4-6-17(15)21/h4-11H,3,12H2,1-2H3,(H,23,24,27)/b8-7+. The topological polar surface area (TPSA) is 64.7 Å². The molecule has 0 unspecified atom stereocenters. The van der Waals surface area contributed by atoms with Crippen LogP contribution < -0.4 is 5.32 Å². The zero-order valence-electron chi connectivity index (χ0n) is 15.0. The van der Waals surface area contributed by atoms with Gasteiger partial charge in [-0.05, 0) is 32.1 Å². The molecular weight excluding hydrogens is 385 g/mol. The molecule has 6 nitrogen and oxygen atoms in total. The van der Waals surface area contributed by atoms with E-state index in [9.17, 15) is 4.79 Å². The van der Waals surface area contributed by atoms with Crippen molar-refractivity contribution >= 4 is 41.0 Å². The zero-order valence-corrected chi connectivity index (χ0v) is 16.5. The number of halogens is 2. The molecule has 0 aliphatic heterocycles. The number of aromatic nitrogens is 4. The summed E-state index contributed by atoms with van der Waals surface area (Å²) in [5, 5.41) is 12.5. The molecule has 2 heterocycles. The van der Waals surface area contributed by atoms with Crippen molar-refractivity contribution in [3.8, 4) is 0 Å². The molecule has 0 saturated heterocycles. The molecule has 0 radical (unpaired) electrons. The number of carbonyl (C=O) groups is 1. The third-order valence-electron chi connectivity index (χ3n) is 4.13. The van der Waals surface area contributed by atoms with E-state index in [1.165, 1.54) is 6.08 Å². The number of hydrogen-bond acceptors (Lipinski definition) is 3. The second-order valence-corrected chi connectivity index (χ2v) is 6.74.